The Bertz CT molecular complexity index is 1050. The number of carbonyl (C=O) groups excluding carboxylic acids is 2. The lowest BCUT2D eigenvalue weighted by Gasteiger charge is -2.18. The lowest BCUT2D eigenvalue weighted by atomic mass is 10.1. The summed E-state index contributed by atoms with van der Waals surface area (Å²) in [4.78, 5) is 27.0. The van der Waals surface area contributed by atoms with Gasteiger partial charge in [0.1, 0.15) is 0 Å². The highest BCUT2D eigenvalue weighted by Crippen LogP contribution is 2.30. The first-order chi connectivity index (χ1) is 14.6. The summed E-state index contributed by atoms with van der Waals surface area (Å²) in [6, 6.07) is 23.0. The molecule has 0 fully saturated rings. The Kier molecular flexibility index (Phi) is 6.15. The third kappa shape index (κ3) is 4.71. The average molecular weight is 419 g/mol. The number of hydrogen-bond acceptors (Lipinski definition) is 2. The summed E-state index contributed by atoms with van der Waals surface area (Å²) in [6.07, 6.45) is 2.01. The van der Waals surface area contributed by atoms with Gasteiger partial charge in [0.05, 0.1) is 0 Å². The molecule has 1 heterocycles. The van der Waals surface area contributed by atoms with E-state index in [0.29, 0.717) is 30.1 Å². The number of nitrogens with one attached hydrogen (secondary N) is 1. The molecule has 0 saturated carbocycles. The smallest absolute Gasteiger partial charge is 0.258 e. The van der Waals surface area contributed by atoms with Gasteiger partial charge in [0.15, 0.2) is 0 Å². The van der Waals surface area contributed by atoms with Gasteiger partial charge in [-0.15, -0.1) is 0 Å². The molecule has 0 atom stereocenters. The minimum absolute atomic E-state index is 0.0217. The van der Waals surface area contributed by atoms with Crippen molar-refractivity contribution in [1.29, 1.82) is 0 Å². The largest absolute Gasteiger partial charge is 0.352 e. The van der Waals surface area contributed by atoms with Crippen LogP contribution in [0.2, 0.25) is 5.02 Å². The molecular formula is C25H23ClN2O2. The number of halogens is 1. The molecule has 0 spiro atoms. The fourth-order valence-corrected chi connectivity index (χ4v) is 3.81. The van der Waals surface area contributed by atoms with Gasteiger partial charge < -0.3 is 10.2 Å². The van der Waals surface area contributed by atoms with Crippen molar-refractivity contribution in [1.82, 2.24) is 5.32 Å². The lowest BCUT2D eigenvalue weighted by Crippen LogP contribution is -2.29. The number of fused-ring (bicyclic) bond motifs is 1. The SMILES string of the molecule is O=C(CCc1ccccc1)NCc1ccc2c(c1)N(C(=O)c1ccc(Cl)cc1)CC2. The maximum Gasteiger partial charge on any atom is 0.258 e. The van der Waals surface area contributed by atoms with Gasteiger partial charge in [0, 0.05) is 35.8 Å². The van der Waals surface area contributed by atoms with Gasteiger partial charge in [-0.3, -0.25) is 9.59 Å². The van der Waals surface area contributed by atoms with Crippen LogP contribution < -0.4 is 10.2 Å². The van der Waals surface area contributed by atoms with Gasteiger partial charge in [-0.1, -0.05) is 54.1 Å². The van der Waals surface area contributed by atoms with Gasteiger partial charge in [-0.2, -0.15) is 0 Å². The summed E-state index contributed by atoms with van der Waals surface area (Å²) in [5.41, 5.74) is 4.83. The predicted molar refractivity (Wildman–Crippen MR) is 120 cm³/mol. The van der Waals surface area contributed by atoms with Crippen molar-refractivity contribution < 1.29 is 9.59 Å². The van der Waals surface area contributed by atoms with Crippen LogP contribution in [0, 0.1) is 0 Å². The zero-order chi connectivity index (χ0) is 20.9. The van der Waals surface area contributed by atoms with E-state index in [1.165, 1.54) is 0 Å². The lowest BCUT2D eigenvalue weighted by molar-refractivity contribution is -0.121. The topological polar surface area (TPSA) is 49.4 Å². The van der Waals surface area contributed by atoms with Crippen LogP contribution in [0.15, 0.2) is 72.8 Å². The Hall–Kier alpha value is -3.11. The first kappa shape index (κ1) is 20.2. The third-order valence-corrected chi connectivity index (χ3v) is 5.61. The molecule has 0 saturated heterocycles. The molecule has 0 aliphatic carbocycles. The fourth-order valence-electron chi connectivity index (χ4n) is 3.69. The second-order valence-electron chi connectivity index (χ2n) is 7.44. The van der Waals surface area contributed by atoms with E-state index in [2.05, 4.69) is 11.4 Å². The molecule has 152 valence electrons. The van der Waals surface area contributed by atoms with Gasteiger partial charge >= 0.3 is 0 Å². The van der Waals surface area contributed by atoms with Crippen LogP contribution in [0.5, 0.6) is 0 Å². The van der Waals surface area contributed by atoms with Crippen molar-refractivity contribution in [3.05, 3.63) is 100 Å². The quantitative estimate of drug-likeness (QED) is 0.625. The first-order valence-electron chi connectivity index (χ1n) is 10.1. The summed E-state index contributed by atoms with van der Waals surface area (Å²) < 4.78 is 0. The summed E-state index contributed by atoms with van der Waals surface area (Å²) >= 11 is 5.94. The van der Waals surface area contributed by atoms with E-state index >= 15 is 0 Å². The van der Waals surface area contributed by atoms with Crippen molar-refractivity contribution in [2.75, 3.05) is 11.4 Å². The van der Waals surface area contributed by atoms with Gasteiger partial charge in [-0.25, -0.2) is 0 Å². The number of benzene rings is 3. The van der Waals surface area contributed by atoms with E-state index in [-0.39, 0.29) is 11.8 Å². The Morgan fingerprint density at radius 3 is 2.47 bits per heavy atom. The van der Waals surface area contributed by atoms with Crippen molar-refractivity contribution >= 4 is 29.1 Å². The zero-order valence-electron chi connectivity index (χ0n) is 16.6. The minimum atomic E-state index is -0.0329. The highest BCUT2D eigenvalue weighted by atomic mass is 35.5. The Balaban J connectivity index is 1.38. The molecule has 1 aliphatic heterocycles. The van der Waals surface area contributed by atoms with E-state index in [4.69, 9.17) is 11.6 Å². The van der Waals surface area contributed by atoms with Gasteiger partial charge in [-0.05, 0) is 59.9 Å². The van der Waals surface area contributed by atoms with Gasteiger partial charge in [0.2, 0.25) is 5.91 Å². The van der Waals surface area contributed by atoms with Crippen LogP contribution >= 0.6 is 11.6 Å². The molecule has 1 N–H and O–H groups in total. The Morgan fingerprint density at radius 2 is 1.70 bits per heavy atom. The Morgan fingerprint density at radius 1 is 0.933 bits per heavy atom. The van der Waals surface area contributed by atoms with Crippen molar-refractivity contribution in [2.24, 2.45) is 0 Å². The number of nitrogens with zero attached hydrogens (tertiary/aromatic N) is 1. The second kappa shape index (κ2) is 9.14. The molecule has 5 heteroatoms. The number of rotatable bonds is 6. The highest BCUT2D eigenvalue weighted by Gasteiger charge is 2.25. The van der Waals surface area contributed by atoms with E-state index in [9.17, 15) is 9.59 Å². The van der Waals surface area contributed by atoms with Gasteiger partial charge in [0.25, 0.3) is 5.91 Å². The minimum Gasteiger partial charge on any atom is -0.352 e. The molecule has 30 heavy (non-hydrogen) atoms. The summed E-state index contributed by atoms with van der Waals surface area (Å²) in [5, 5.41) is 3.60. The van der Waals surface area contributed by atoms with Crippen LogP contribution in [0.1, 0.15) is 33.5 Å². The number of hydrogen-bond donors (Lipinski definition) is 1. The molecule has 0 aromatic heterocycles. The van der Waals surface area contributed by atoms with Crippen molar-refractivity contribution in [3.8, 4) is 0 Å². The van der Waals surface area contributed by atoms with Crippen LogP contribution in [0.25, 0.3) is 0 Å². The molecule has 0 bridgehead atoms. The molecule has 3 aromatic rings. The average Bonchev–Trinajstić information content (AvgIpc) is 3.20. The standard InChI is InChI=1S/C25H23ClN2O2/c26-22-11-9-21(10-12-22)25(30)28-15-14-20-8-6-19(16-23(20)28)17-27-24(29)13-7-18-4-2-1-3-5-18/h1-6,8-12,16H,7,13-15,17H2,(H,27,29). The van der Waals surface area contributed by atoms with E-state index < -0.39 is 0 Å². The third-order valence-electron chi connectivity index (χ3n) is 5.35. The van der Waals surface area contributed by atoms with E-state index in [0.717, 1.165) is 35.2 Å². The second-order valence-corrected chi connectivity index (χ2v) is 7.88. The fraction of sp³-hybridized carbons (Fsp3) is 0.200. The number of aryl methyl sites for hydroxylation is 1. The maximum atomic E-state index is 12.9. The number of carbonyl (C=O) groups is 2. The van der Waals surface area contributed by atoms with E-state index in [1.54, 1.807) is 29.2 Å². The van der Waals surface area contributed by atoms with Crippen LogP contribution in [0.4, 0.5) is 5.69 Å². The summed E-state index contributed by atoms with van der Waals surface area (Å²) in [5.74, 6) is -0.0112. The van der Waals surface area contributed by atoms with Crippen LogP contribution in [0.3, 0.4) is 0 Å². The van der Waals surface area contributed by atoms with Crippen molar-refractivity contribution in [2.45, 2.75) is 25.8 Å². The number of anilines is 1. The summed E-state index contributed by atoms with van der Waals surface area (Å²) in [7, 11) is 0. The normalized spacial score (nSPS) is 12.5. The molecule has 3 aromatic carbocycles. The van der Waals surface area contributed by atoms with Crippen LogP contribution in [-0.4, -0.2) is 18.4 Å². The van der Waals surface area contributed by atoms with Crippen molar-refractivity contribution in [3.63, 3.8) is 0 Å². The molecule has 2 amide bonds. The number of amides is 2. The predicted octanol–water partition coefficient (Wildman–Crippen LogP) is 4.79. The highest BCUT2D eigenvalue weighted by molar-refractivity contribution is 6.30. The Labute approximate surface area is 181 Å². The van der Waals surface area contributed by atoms with E-state index in [1.807, 2.05) is 42.5 Å². The molecule has 0 unspecified atom stereocenters. The molecule has 0 radical (unpaired) electrons. The molecule has 4 rings (SSSR count). The maximum absolute atomic E-state index is 12.9. The molecular weight excluding hydrogens is 396 g/mol. The van der Waals surface area contributed by atoms with Crippen LogP contribution in [-0.2, 0) is 24.2 Å². The molecule has 1 aliphatic rings. The molecule has 4 nitrogen and oxygen atoms in total. The monoisotopic (exact) mass is 418 g/mol. The first-order valence-corrected chi connectivity index (χ1v) is 10.5. The summed E-state index contributed by atoms with van der Waals surface area (Å²) in [6.45, 7) is 1.10. The zero-order valence-corrected chi connectivity index (χ0v) is 17.4.